The average molecular weight is 298 g/mol. The number of rotatable bonds is 2. The molecule has 6 heteroatoms. The monoisotopic (exact) mass is 298 g/mol. The van der Waals surface area contributed by atoms with E-state index in [0.717, 1.165) is 18.7 Å². The van der Waals surface area contributed by atoms with Crippen LogP contribution in [0.1, 0.15) is 12.5 Å². The molecule has 1 aromatic rings. The topological polar surface area (TPSA) is 49.4 Å². The first-order chi connectivity index (χ1) is 9.41. The van der Waals surface area contributed by atoms with Crippen LogP contribution in [-0.2, 0) is 10.0 Å². The number of sulfonamides is 1. The highest BCUT2D eigenvalue weighted by atomic mass is 32.2. The van der Waals surface area contributed by atoms with Crippen LogP contribution < -0.4 is 5.32 Å². The van der Waals surface area contributed by atoms with Gasteiger partial charge < -0.3 is 5.32 Å². The van der Waals surface area contributed by atoms with Gasteiger partial charge in [-0.25, -0.2) is 12.8 Å². The summed E-state index contributed by atoms with van der Waals surface area (Å²) in [5, 5.41) is 3.29. The standard InChI is InChI=1S/C14H19FN2O2S/c1-9-3-4-13(15)14(5-9)20(18,19)17-8-11-6-16-7-12(11)10(17)2/h3-5,10-12,16H,6-8H2,1-2H3. The van der Waals surface area contributed by atoms with Crippen LogP contribution in [0.4, 0.5) is 4.39 Å². The van der Waals surface area contributed by atoms with Crippen LogP contribution in [0.25, 0.3) is 0 Å². The number of hydrogen-bond donors (Lipinski definition) is 1. The number of halogens is 1. The molecule has 4 nitrogen and oxygen atoms in total. The van der Waals surface area contributed by atoms with Crippen LogP contribution in [0.2, 0.25) is 0 Å². The van der Waals surface area contributed by atoms with Gasteiger partial charge in [0.25, 0.3) is 0 Å². The van der Waals surface area contributed by atoms with Gasteiger partial charge in [0.1, 0.15) is 10.7 Å². The third kappa shape index (κ3) is 2.06. The van der Waals surface area contributed by atoms with E-state index in [1.807, 2.05) is 6.92 Å². The van der Waals surface area contributed by atoms with Crippen molar-refractivity contribution in [1.29, 1.82) is 0 Å². The van der Waals surface area contributed by atoms with E-state index >= 15 is 0 Å². The van der Waals surface area contributed by atoms with E-state index in [2.05, 4.69) is 5.32 Å². The average Bonchev–Trinajstić information content (AvgIpc) is 2.96. The third-order valence-electron chi connectivity index (χ3n) is 4.55. The summed E-state index contributed by atoms with van der Waals surface area (Å²) >= 11 is 0. The highest BCUT2D eigenvalue weighted by Gasteiger charge is 2.47. The van der Waals surface area contributed by atoms with Gasteiger partial charge in [-0.1, -0.05) is 6.07 Å². The molecule has 3 rings (SSSR count). The summed E-state index contributed by atoms with van der Waals surface area (Å²) in [5.41, 5.74) is 0.749. The summed E-state index contributed by atoms with van der Waals surface area (Å²) in [4.78, 5) is -0.197. The Morgan fingerprint density at radius 1 is 1.35 bits per heavy atom. The highest BCUT2D eigenvalue weighted by molar-refractivity contribution is 7.89. The van der Waals surface area contributed by atoms with Crippen molar-refractivity contribution < 1.29 is 12.8 Å². The van der Waals surface area contributed by atoms with Gasteiger partial charge in [-0.05, 0) is 56.5 Å². The van der Waals surface area contributed by atoms with Crippen LogP contribution in [0.15, 0.2) is 23.1 Å². The second kappa shape index (κ2) is 4.79. The lowest BCUT2D eigenvalue weighted by Gasteiger charge is -2.24. The predicted molar refractivity (Wildman–Crippen MR) is 74.3 cm³/mol. The van der Waals surface area contributed by atoms with Crippen molar-refractivity contribution in [2.24, 2.45) is 11.8 Å². The zero-order valence-electron chi connectivity index (χ0n) is 11.6. The van der Waals surface area contributed by atoms with Gasteiger partial charge in [-0.15, -0.1) is 0 Å². The first kappa shape index (κ1) is 14.0. The molecule has 110 valence electrons. The van der Waals surface area contributed by atoms with E-state index in [-0.39, 0.29) is 10.9 Å². The van der Waals surface area contributed by atoms with Gasteiger partial charge in [0, 0.05) is 12.6 Å². The van der Waals surface area contributed by atoms with Gasteiger partial charge in [-0.3, -0.25) is 0 Å². The second-order valence-corrected chi connectivity index (χ2v) is 7.69. The maximum Gasteiger partial charge on any atom is 0.246 e. The van der Waals surface area contributed by atoms with Crippen LogP contribution in [0.3, 0.4) is 0 Å². The minimum Gasteiger partial charge on any atom is -0.316 e. The molecular formula is C14H19FN2O2S. The zero-order chi connectivity index (χ0) is 14.5. The van der Waals surface area contributed by atoms with Crippen molar-refractivity contribution in [3.05, 3.63) is 29.6 Å². The van der Waals surface area contributed by atoms with E-state index in [9.17, 15) is 12.8 Å². The molecule has 2 aliphatic rings. The lowest BCUT2D eigenvalue weighted by Crippen LogP contribution is -2.38. The fourth-order valence-corrected chi connectivity index (χ4v) is 5.26. The number of nitrogens with one attached hydrogen (secondary N) is 1. The molecule has 2 heterocycles. The quantitative estimate of drug-likeness (QED) is 0.897. The summed E-state index contributed by atoms with van der Waals surface area (Å²) < 4.78 is 40.8. The zero-order valence-corrected chi connectivity index (χ0v) is 12.5. The molecule has 0 aliphatic carbocycles. The molecule has 0 amide bonds. The first-order valence-electron chi connectivity index (χ1n) is 6.90. The van der Waals surface area contributed by atoms with Gasteiger partial charge in [0.15, 0.2) is 0 Å². The smallest absolute Gasteiger partial charge is 0.246 e. The van der Waals surface area contributed by atoms with E-state index in [1.165, 1.54) is 16.4 Å². The van der Waals surface area contributed by atoms with Gasteiger partial charge >= 0.3 is 0 Å². The molecule has 3 unspecified atom stereocenters. The lowest BCUT2D eigenvalue weighted by molar-refractivity contribution is 0.358. The maximum atomic E-state index is 13.9. The molecule has 1 aromatic carbocycles. The summed E-state index contributed by atoms with van der Waals surface area (Å²) in [6.07, 6.45) is 0. The van der Waals surface area contributed by atoms with E-state index in [0.29, 0.717) is 18.4 Å². The Hall–Kier alpha value is -0.980. The molecular weight excluding hydrogens is 279 g/mol. The molecule has 20 heavy (non-hydrogen) atoms. The Morgan fingerprint density at radius 3 is 2.80 bits per heavy atom. The minimum absolute atomic E-state index is 0.0834. The fourth-order valence-electron chi connectivity index (χ4n) is 3.38. The molecule has 2 fully saturated rings. The molecule has 3 atom stereocenters. The molecule has 2 saturated heterocycles. The minimum atomic E-state index is -3.75. The molecule has 0 aromatic heterocycles. The third-order valence-corrected chi connectivity index (χ3v) is 6.52. The van der Waals surface area contributed by atoms with Crippen molar-refractivity contribution in [3.63, 3.8) is 0 Å². The van der Waals surface area contributed by atoms with Crippen LogP contribution in [0.5, 0.6) is 0 Å². The number of benzene rings is 1. The van der Waals surface area contributed by atoms with Crippen molar-refractivity contribution in [1.82, 2.24) is 9.62 Å². The maximum absolute atomic E-state index is 13.9. The van der Waals surface area contributed by atoms with E-state index in [1.54, 1.807) is 13.0 Å². The fraction of sp³-hybridized carbons (Fsp3) is 0.571. The Bertz CT molecular complexity index is 632. The van der Waals surface area contributed by atoms with Gasteiger partial charge in [-0.2, -0.15) is 4.31 Å². The first-order valence-corrected chi connectivity index (χ1v) is 8.34. The summed E-state index contributed by atoms with van der Waals surface area (Å²) in [7, 11) is -3.75. The molecule has 0 bridgehead atoms. The second-order valence-electron chi connectivity index (χ2n) is 5.83. The van der Waals surface area contributed by atoms with E-state index in [4.69, 9.17) is 0 Å². The predicted octanol–water partition coefficient (Wildman–Crippen LogP) is 1.36. The Kier molecular flexibility index (Phi) is 3.35. The van der Waals surface area contributed by atoms with E-state index < -0.39 is 15.8 Å². The SMILES string of the molecule is Cc1ccc(F)c(S(=O)(=O)N2CC3CNCC3C2C)c1. The Labute approximate surface area is 119 Å². The Balaban J connectivity index is 1.98. The summed E-state index contributed by atoms with van der Waals surface area (Å²) in [6.45, 7) is 5.85. The number of hydrogen-bond acceptors (Lipinski definition) is 3. The molecule has 0 radical (unpaired) electrons. The van der Waals surface area contributed by atoms with Crippen molar-refractivity contribution in [2.45, 2.75) is 24.8 Å². The molecule has 0 saturated carbocycles. The largest absolute Gasteiger partial charge is 0.316 e. The van der Waals surface area contributed by atoms with Crippen LogP contribution in [-0.4, -0.2) is 38.4 Å². The lowest BCUT2D eigenvalue weighted by atomic mass is 9.95. The van der Waals surface area contributed by atoms with Crippen LogP contribution >= 0.6 is 0 Å². The highest BCUT2D eigenvalue weighted by Crippen LogP contribution is 2.36. The van der Waals surface area contributed by atoms with Crippen LogP contribution in [0, 0.1) is 24.6 Å². The summed E-state index contributed by atoms with van der Waals surface area (Å²) in [6, 6.07) is 4.15. The van der Waals surface area contributed by atoms with Crippen molar-refractivity contribution >= 4 is 10.0 Å². The molecule has 1 N–H and O–H groups in total. The summed E-state index contributed by atoms with van der Waals surface area (Å²) in [5.74, 6) is 0.00303. The van der Waals surface area contributed by atoms with Gasteiger partial charge in [0.05, 0.1) is 0 Å². The number of aryl methyl sites for hydroxylation is 1. The molecule has 2 aliphatic heterocycles. The number of nitrogens with zero attached hydrogens (tertiary/aromatic N) is 1. The number of fused-ring (bicyclic) bond motifs is 1. The normalized spacial score (nSPS) is 30.6. The van der Waals surface area contributed by atoms with Crippen molar-refractivity contribution in [3.8, 4) is 0 Å². The van der Waals surface area contributed by atoms with Crippen molar-refractivity contribution in [2.75, 3.05) is 19.6 Å². The van der Waals surface area contributed by atoms with Gasteiger partial charge in [0.2, 0.25) is 10.0 Å². The Morgan fingerprint density at radius 2 is 2.10 bits per heavy atom. The molecule has 0 spiro atoms.